The average molecular weight is 285 g/mol. The summed E-state index contributed by atoms with van der Waals surface area (Å²) in [6, 6.07) is 3.42. The van der Waals surface area contributed by atoms with Gasteiger partial charge < -0.3 is 20.9 Å². The van der Waals surface area contributed by atoms with Gasteiger partial charge in [-0.1, -0.05) is 11.6 Å². The second-order valence-electron chi connectivity index (χ2n) is 3.97. The number of ether oxygens (including phenoxy) is 2. The average Bonchev–Trinajstić information content (AvgIpc) is 2.31. The highest BCUT2D eigenvalue weighted by Crippen LogP contribution is 2.36. The number of nitrogens with two attached hydrogens (primary N) is 2. The summed E-state index contributed by atoms with van der Waals surface area (Å²) < 4.78 is 10.8. The van der Waals surface area contributed by atoms with E-state index in [2.05, 4.69) is 10.2 Å². The third kappa shape index (κ3) is 4.67. The molecular formula is C12H17ClN4O2. The van der Waals surface area contributed by atoms with E-state index in [1.165, 1.54) is 13.3 Å². The summed E-state index contributed by atoms with van der Waals surface area (Å²) >= 11 is 6.15. The third-order valence-electron chi connectivity index (χ3n) is 1.99. The first-order valence-electron chi connectivity index (χ1n) is 5.60. The smallest absolute Gasteiger partial charge is 0.211 e. The highest BCUT2D eigenvalue weighted by molar-refractivity contribution is 6.32. The van der Waals surface area contributed by atoms with Crippen LogP contribution in [0.25, 0.3) is 0 Å². The van der Waals surface area contributed by atoms with Gasteiger partial charge in [-0.15, -0.1) is 5.10 Å². The van der Waals surface area contributed by atoms with Crippen LogP contribution in [0.1, 0.15) is 19.4 Å². The molecule has 19 heavy (non-hydrogen) atoms. The Morgan fingerprint density at radius 3 is 2.58 bits per heavy atom. The predicted molar refractivity (Wildman–Crippen MR) is 77.2 cm³/mol. The number of hydrogen-bond acceptors (Lipinski definition) is 4. The van der Waals surface area contributed by atoms with E-state index >= 15 is 0 Å². The van der Waals surface area contributed by atoms with E-state index in [1.54, 1.807) is 12.1 Å². The van der Waals surface area contributed by atoms with Crippen molar-refractivity contribution >= 4 is 23.8 Å². The summed E-state index contributed by atoms with van der Waals surface area (Å²) in [5, 5.41) is 7.64. The zero-order valence-electron chi connectivity index (χ0n) is 11.1. The van der Waals surface area contributed by atoms with Gasteiger partial charge in [-0.25, -0.2) is 0 Å². The molecule has 0 aliphatic carbocycles. The lowest BCUT2D eigenvalue weighted by Crippen LogP contribution is -2.21. The van der Waals surface area contributed by atoms with Crippen LogP contribution in [0.2, 0.25) is 5.02 Å². The summed E-state index contributed by atoms with van der Waals surface area (Å²) in [5.74, 6) is 0.902. The molecule has 0 amide bonds. The summed E-state index contributed by atoms with van der Waals surface area (Å²) in [6.45, 7) is 3.81. The van der Waals surface area contributed by atoms with Crippen LogP contribution in [0.5, 0.6) is 11.5 Å². The number of halogens is 1. The van der Waals surface area contributed by atoms with E-state index in [9.17, 15) is 0 Å². The number of benzene rings is 1. The lowest BCUT2D eigenvalue weighted by molar-refractivity contribution is 0.230. The van der Waals surface area contributed by atoms with Crippen molar-refractivity contribution in [3.63, 3.8) is 0 Å². The molecule has 0 saturated carbocycles. The molecule has 0 aliphatic rings. The minimum atomic E-state index is -0.117. The monoisotopic (exact) mass is 284 g/mol. The zero-order chi connectivity index (χ0) is 14.4. The minimum absolute atomic E-state index is 0.00689. The highest BCUT2D eigenvalue weighted by Gasteiger charge is 2.12. The van der Waals surface area contributed by atoms with E-state index < -0.39 is 0 Å². The van der Waals surface area contributed by atoms with Gasteiger partial charge >= 0.3 is 0 Å². The lowest BCUT2D eigenvalue weighted by Gasteiger charge is -2.15. The summed E-state index contributed by atoms with van der Waals surface area (Å²) in [6.07, 6.45) is 1.46. The number of guanidine groups is 1. The van der Waals surface area contributed by atoms with Gasteiger partial charge in [0.25, 0.3) is 0 Å². The normalized spacial score (nSPS) is 10.8. The van der Waals surface area contributed by atoms with E-state index in [4.69, 9.17) is 32.5 Å². The van der Waals surface area contributed by atoms with Crippen molar-refractivity contribution in [1.29, 1.82) is 0 Å². The fraction of sp³-hybridized carbons (Fsp3) is 0.333. The topological polar surface area (TPSA) is 95.2 Å². The van der Waals surface area contributed by atoms with E-state index in [-0.39, 0.29) is 12.1 Å². The molecule has 0 unspecified atom stereocenters. The maximum Gasteiger partial charge on any atom is 0.211 e. The number of nitrogens with zero attached hydrogens (tertiary/aromatic N) is 2. The molecule has 0 spiro atoms. The molecule has 0 fully saturated rings. The van der Waals surface area contributed by atoms with Crippen molar-refractivity contribution in [3.05, 3.63) is 22.7 Å². The molecule has 1 aromatic carbocycles. The number of rotatable bonds is 5. The molecule has 104 valence electrons. The predicted octanol–water partition coefficient (Wildman–Crippen LogP) is 1.74. The van der Waals surface area contributed by atoms with Gasteiger partial charge in [0.1, 0.15) is 0 Å². The molecule has 1 aromatic rings. The molecule has 0 saturated heterocycles. The molecule has 0 aromatic heterocycles. The quantitative estimate of drug-likeness (QED) is 0.489. The maximum atomic E-state index is 6.15. The van der Waals surface area contributed by atoms with Crippen LogP contribution in [-0.4, -0.2) is 25.4 Å². The minimum Gasteiger partial charge on any atom is -0.493 e. The van der Waals surface area contributed by atoms with Crippen LogP contribution >= 0.6 is 11.6 Å². The summed E-state index contributed by atoms with van der Waals surface area (Å²) in [7, 11) is 1.54. The molecule has 7 heteroatoms. The summed E-state index contributed by atoms with van der Waals surface area (Å²) in [4.78, 5) is 0. The Hall–Kier alpha value is -1.95. The van der Waals surface area contributed by atoms with Crippen LogP contribution in [0.3, 0.4) is 0 Å². The Kier molecular flexibility index (Phi) is 5.44. The van der Waals surface area contributed by atoms with Crippen molar-refractivity contribution in [3.8, 4) is 11.5 Å². The van der Waals surface area contributed by atoms with Gasteiger partial charge in [0.05, 0.1) is 24.5 Å². The Bertz CT molecular complexity index is 497. The SMILES string of the molecule is COc1cc(/C=N\N=C(N)N)cc(Cl)c1OC(C)C. The van der Waals surface area contributed by atoms with Gasteiger partial charge in [-0.05, 0) is 26.0 Å². The van der Waals surface area contributed by atoms with E-state index in [0.717, 1.165) is 0 Å². The van der Waals surface area contributed by atoms with Crippen LogP contribution < -0.4 is 20.9 Å². The molecule has 0 atom stereocenters. The number of methoxy groups -OCH3 is 1. The van der Waals surface area contributed by atoms with Crippen molar-refractivity contribution in [1.82, 2.24) is 0 Å². The maximum absolute atomic E-state index is 6.15. The second kappa shape index (κ2) is 6.84. The van der Waals surface area contributed by atoms with E-state index in [1.807, 2.05) is 13.8 Å². The second-order valence-corrected chi connectivity index (χ2v) is 4.38. The third-order valence-corrected chi connectivity index (χ3v) is 2.27. The van der Waals surface area contributed by atoms with Gasteiger partial charge in [0.2, 0.25) is 5.96 Å². The molecule has 0 heterocycles. The molecule has 0 bridgehead atoms. The van der Waals surface area contributed by atoms with Crippen molar-refractivity contribution in [2.75, 3.05) is 7.11 Å². The molecule has 6 nitrogen and oxygen atoms in total. The lowest BCUT2D eigenvalue weighted by atomic mass is 10.2. The Balaban J connectivity index is 3.08. The Morgan fingerprint density at radius 1 is 1.37 bits per heavy atom. The van der Waals surface area contributed by atoms with Crippen LogP contribution in [0, 0.1) is 0 Å². The molecule has 4 N–H and O–H groups in total. The zero-order valence-corrected chi connectivity index (χ0v) is 11.8. The summed E-state index contributed by atoms with van der Waals surface area (Å²) in [5.41, 5.74) is 11.0. The van der Waals surface area contributed by atoms with Crippen LogP contribution in [0.4, 0.5) is 0 Å². The number of hydrogen-bond donors (Lipinski definition) is 2. The van der Waals surface area contributed by atoms with Crippen molar-refractivity contribution in [2.24, 2.45) is 21.7 Å². The standard InChI is InChI=1S/C12H17ClN4O2/c1-7(2)19-11-9(13)4-8(5-10(11)18-3)6-16-17-12(14)15/h4-7H,1-3H3,(H4,14,15,17)/b16-6-. The first-order valence-corrected chi connectivity index (χ1v) is 5.98. The van der Waals surface area contributed by atoms with Crippen molar-refractivity contribution in [2.45, 2.75) is 20.0 Å². The largest absolute Gasteiger partial charge is 0.493 e. The van der Waals surface area contributed by atoms with Crippen LogP contribution in [0.15, 0.2) is 22.3 Å². The Labute approximate surface area is 117 Å². The van der Waals surface area contributed by atoms with E-state index in [0.29, 0.717) is 22.1 Å². The first kappa shape index (κ1) is 15.1. The molecule has 0 aliphatic heterocycles. The fourth-order valence-electron chi connectivity index (χ4n) is 1.33. The van der Waals surface area contributed by atoms with Gasteiger partial charge in [0, 0.05) is 5.56 Å². The molecule has 1 rings (SSSR count). The van der Waals surface area contributed by atoms with Gasteiger partial charge in [-0.3, -0.25) is 0 Å². The molecule has 0 radical (unpaired) electrons. The molecular weight excluding hydrogens is 268 g/mol. The van der Waals surface area contributed by atoms with Gasteiger partial charge in [-0.2, -0.15) is 5.10 Å². The first-order chi connectivity index (χ1) is 8.93. The van der Waals surface area contributed by atoms with Crippen molar-refractivity contribution < 1.29 is 9.47 Å². The Morgan fingerprint density at radius 2 is 2.05 bits per heavy atom. The van der Waals surface area contributed by atoms with Gasteiger partial charge in [0.15, 0.2) is 11.5 Å². The highest BCUT2D eigenvalue weighted by atomic mass is 35.5. The van der Waals surface area contributed by atoms with Crippen LogP contribution in [-0.2, 0) is 0 Å². The fourth-order valence-corrected chi connectivity index (χ4v) is 1.59.